The molecule has 0 heterocycles. The van der Waals surface area contributed by atoms with Gasteiger partial charge in [-0.05, 0) is 48.8 Å². The molecule has 0 aromatic heterocycles. The van der Waals surface area contributed by atoms with Gasteiger partial charge in [0, 0.05) is 10.6 Å². The van der Waals surface area contributed by atoms with Crippen LogP contribution in [0.3, 0.4) is 0 Å². The number of carbonyl (C=O) groups excluding carboxylic acids is 1. The molecular formula is C19H28O4. The van der Waals surface area contributed by atoms with Crippen LogP contribution in [0, 0.1) is 11.8 Å². The van der Waals surface area contributed by atoms with E-state index in [4.69, 9.17) is 4.89 Å². The van der Waals surface area contributed by atoms with Gasteiger partial charge in [0.15, 0.2) is 5.75 Å². The van der Waals surface area contributed by atoms with Gasteiger partial charge < -0.3 is 0 Å². The smallest absolute Gasteiger partial charge is 0.299 e. The van der Waals surface area contributed by atoms with Crippen molar-refractivity contribution in [3.8, 4) is 5.75 Å². The van der Waals surface area contributed by atoms with Crippen LogP contribution in [0.4, 0.5) is 0 Å². The lowest BCUT2D eigenvalue weighted by Gasteiger charge is -2.10. The summed E-state index contributed by atoms with van der Waals surface area (Å²) in [6.07, 6.45) is 2.91. The molecule has 1 rings (SSSR count). The fourth-order valence-electron chi connectivity index (χ4n) is 2.38. The number of carbonyl (C=O) groups is 1. The number of allylic oxidation sites excluding steroid dienone is 1. The molecule has 0 N–H and O–H groups in total. The van der Waals surface area contributed by atoms with Crippen molar-refractivity contribution in [2.24, 2.45) is 11.8 Å². The van der Waals surface area contributed by atoms with Gasteiger partial charge in [-0.1, -0.05) is 52.8 Å². The van der Waals surface area contributed by atoms with Crippen LogP contribution in [0.2, 0.25) is 0 Å². The highest BCUT2D eigenvalue weighted by Crippen LogP contribution is 2.20. The Labute approximate surface area is 139 Å². The maximum Gasteiger partial charge on any atom is 0.372 e. The van der Waals surface area contributed by atoms with Gasteiger partial charge in [0.2, 0.25) is 0 Å². The molecule has 1 atom stereocenters. The third-order valence-electron chi connectivity index (χ3n) is 3.46. The van der Waals surface area contributed by atoms with E-state index in [1.54, 1.807) is 13.0 Å². The molecule has 0 aliphatic heterocycles. The van der Waals surface area contributed by atoms with Gasteiger partial charge in [0.1, 0.15) is 0 Å². The van der Waals surface area contributed by atoms with E-state index in [2.05, 4.69) is 44.5 Å². The molecule has 0 aliphatic rings. The Morgan fingerprint density at radius 2 is 1.87 bits per heavy atom. The van der Waals surface area contributed by atoms with E-state index in [1.165, 1.54) is 0 Å². The molecule has 4 nitrogen and oxygen atoms in total. The molecule has 0 aliphatic carbocycles. The van der Waals surface area contributed by atoms with E-state index >= 15 is 0 Å². The summed E-state index contributed by atoms with van der Waals surface area (Å²) in [5, 5.41) is 4.61. The van der Waals surface area contributed by atoms with E-state index in [0.29, 0.717) is 29.1 Å². The number of benzene rings is 1. The van der Waals surface area contributed by atoms with E-state index in [0.717, 1.165) is 12.0 Å². The van der Waals surface area contributed by atoms with Gasteiger partial charge in [0.05, 0.1) is 0 Å². The molecule has 0 amide bonds. The fraction of sp³-hybridized carbons (Fsp3) is 0.526. The zero-order chi connectivity index (χ0) is 17.4. The Balaban J connectivity index is 2.47. The van der Waals surface area contributed by atoms with E-state index in [-0.39, 0.29) is 0 Å². The minimum atomic E-state index is -0.541. The Bertz CT molecular complexity index is 532. The number of rotatable bonds is 8. The fourth-order valence-corrected chi connectivity index (χ4v) is 2.38. The van der Waals surface area contributed by atoms with Gasteiger partial charge >= 0.3 is 5.97 Å². The molecule has 0 spiro atoms. The van der Waals surface area contributed by atoms with Crippen molar-refractivity contribution in [3.05, 3.63) is 41.5 Å². The summed E-state index contributed by atoms with van der Waals surface area (Å²) in [5.41, 5.74) is 1.63. The van der Waals surface area contributed by atoms with Crippen LogP contribution in [0.5, 0.6) is 5.75 Å². The van der Waals surface area contributed by atoms with Crippen molar-refractivity contribution in [3.63, 3.8) is 0 Å². The van der Waals surface area contributed by atoms with Crippen LogP contribution in [0.15, 0.2) is 35.9 Å². The quantitative estimate of drug-likeness (QED) is 0.375. The summed E-state index contributed by atoms with van der Waals surface area (Å²) in [6.45, 7) is 12.3. The average Bonchev–Trinajstić information content (AvgIpc) is 2.46. The summed E-state index contributed by atoms with van der Waals surface area (Å²) >= 11 is 0. The summed E-state index contributed by atoms with van der Waals surface area (Å²) in [5.74, 6) is 1.23. The lowest BCUT2D eigenvalue weighted by Crippen LogP contribution is -2.10. The van der Waals surface area contributed by atoms with Crippen molar-refractivity contribution in [1.82, 2.24) is 0 Å². The first-order chi connectivity index (χ1) is 10.8. The second-order valence-electron chi connectivity index (χ2n) is 6.71. The van der Waals surface area contributed by atoms with Crippen molar-refractivity contribution < 1.29 is 19.6 Å². The first kappa shape index (κ1) is 19.2. The van der Waals surface area contributed by atoms with Crippen LogP contribution < -0.4 is 4.89 Å². The van der Waals surface area contributed by atoms with Crippen molar-refractivity contribution in [2.75, 3.05) is 0 Å². The minimum Gasteiger partial charge on any atom is -0.299 e. The van der Waals surface area contributed by atoms with Crippen molar-refractivity contribution in [1.29, 1.82) is 0 Å². The predicted octanol–water partition coefficient (Wildman–Crippen LogP) is 5.21. The Morgan fingerprint density at radius 1 is 1.17 bits per heavy atom. The lowest BCUT2D eigenvalue weighted by atomic mass is 9.97. The molecule has 23 heavy (non-hydrogen) atoms. The first-order valence-electron chi connectivity index (χ1n) is 8.13. The normalized spacial score (nSPS) is 13.3. The summed E-state index contributed by atoms with van der Waals surface area (Å²) < 4.78 is 0. The van der Waals surface area contributed by atoms with Crippen molar-refractivity contribution in [2.45, 2.75) is 53.9 Å². The van der Waals surface area contributed by atoms with Gasteiger partial charge in [0.25, 0.3) is 0 Å². The standard InChI is InChI=1S/C19H28O4/c1-13(2)10-15(5)11-16(6)19(20)22-23-21-18-9-7-8-17(12-18)14(3)4/h7-9,11-15H,10H2,1-6H3. The number of hydrogen-bond donors (Lipinski definition) is 0. The maximum absolute atomic E-state index is 11.8. The highest BCUT2D eigenvalue weighted by molar-refractivity contribution is 5.87. The first-order valence-corrected chi connectivity index (χ1v) is 8.13. The number of hydrogen-bond acceptors (Lipinski definition) is 4. The highest BCUT2D eigenvalue weighted by atomic mass is 17.5. The Hall–Kier alpha value is -1.81. The molecule has 1 unspecified atom stereocenters. The molecule has 0 saturated heterocycles. The van der Waals surface area contributed by atoms with Crippen LogP contribution in [0.25, 0.3) is 0 Å². The topological polar surface area (TPSA) is 44.8 Å². The molecule has 0 bridgehead atoms. The third-order valence-corrected chi connectivity index (χ3v) is 3.46. The molecule has 0 saturated carbocycles. The molecular weight excluding hydrogens is 292 g/mol. The Kier molecular flexibility index (Phi) is 7.83. The second kappa shape index (κ2) is 9.36. The second-order valence-corrected chi connectivity index (χ2v) is 6.71. The highest BCUT2D eigenvalue weighted by Gasteiger charge is 2.11. The van der Waals surface area contributed by atoms with Crippen LogP contribution in [0.1, 0.15) is 59.4 Å². The molecule has 128 valence electrons. The van der Waals surface area contributed by atoms with E-state index in [1.807, 2.05) is 24.3 Å². The van der Waals surface area contributed by atoms with Gasteiger partial charge in [-0.15, -0.1) is 0 Å². The molecule has 0 fully saturated rings. The van der Waals surface area contributed by atoms with E-state index in [9.17, 15) is 4.79 Å². The zero-order valence-corrected chi connectivity index (χ0v) is 15.0. The van der Waals surface area contributed by atoms with Gasteiger partial charge in [-0.25, -0.2) is 4.79 Å². The monoisotopic (exact) mass is 320 g/mol. The van der Waals surface area contributed by atoms with Gasteiger partial charge in [-0.2, -0.15) is 0 Å². The van der Waals surface area contributed by atoms with Crippen molar-refractivity contribution >= 4 is 5.97 Å². The molecule has 1 aromatic rings. The minimum absolute atomic E-state index is 0.311. The maximum atomic E-state index is 11.8. The summed E-state index contributed by atoms with van der Waals surface area (Å²) in [7, 11) is 0. The molecule has 4 heteroatoms. The van der Waals surface area contributed by atoms with Crippen LogP contribution in [-0.4, -0.2) is 5.97 Å². The zero-order valence-electron chi connectivity index (χ0n) is 15.0. The van der Waals surface area contributed by atoms with Gasteiger partial charge in [-0.3, -0.25) is 9.78 Å². The summed E-state index contributed by atoms with van der Waals surface area (Å²) in [4.78, 5) is 21.5. The largest absolute Gasteiger partial charge is 0.372 e. The molecule has 1 aromatic carbocycles. The Morgan fingerprint density at radius 3 is 2.48 bits per heavy atom. The predicted molar refractivity (Wildman–Crippen MR) is 90.7 cm³/mol. The average molecular weight is 320 g/mol. The van der Waals surface area contributed by atoms with Crippen LogP contribution in [-0.2, 0) is 14.7 Å². The third kappa shape index (κ3) is 7.33. The lowest BCUT2D eigenvalue weighted by molar-refractivity contribution is -0.435. The summed E-state index contributed by atoms with van der Waals surface area (Å²) in [6, 6.07) is 7.47. The van der Waals surface area contributed by atoms with Crippen LogP contribution >= 0.6 is 0 Å². The SMILES string of the molecule is CC(=CC(C)CC(C)C)C(=O)OOOc1cccc(C(C)C)c1. The molecule has 0 radical (unpaired) electrons. The van der Waals surface area contributed by atoms with E-state index < -0.39 is 5.97 Å².